The SMILES string of the molecule is O=C(CCC(=O)OCC[n+]1cccc2ccccc21)OCC[n+]1cccc2ccccc21.[I-]. The Labute approximate surface area is 209 Å². The molecule has 4 aromatic rings. The molecule has 0 fully saturated rings. The van der Waals surface area contributed by atoms with Crippen LogP contribution in [0.1, 0.15) is 12.8 Å². The first kappa shape index (κ1) is 24.6. The number of halogens is 1. The maximum absolute atomic E-state index is 12.0. The first-order valence-corrected chi connectivity index (χ1v) is 10.8. The second kappa shape index (κ2) is 12.2. The van der Waals surface area contributed by atoms with Gasteiger partial charge >= 0.3 is 11.9 Å². The lowest BCUT2D eigenvalue weighted by Gasteiger charge is -2.05. The number of hydrogen-bond acceptors (Lipinski definition) is 4. The molecule has 33 heavy (non-hydrogen) atoms. The molecule has 6 nitrogen and oxygen atoms in total. The Morgan fingerprint density at radius 2 is 1.00 bits per heavy atom. The summed E-state index contributed by atoms with van der Waals surface area (Å²) in [5, 5.41) is 2.26. The topological polar surface area (TPSA) is 60.4 Å². The van der Waals surface area contributed by atoms with Crippen molar-refractivity contribution < 1.29 is 52.2 Å². The molecule has 4 rings (SSSR count). The smallest absolute Gasteiger partial charge is 0.306 e. The van der Waals surface area contributed by atoms with Crippen LogP contribution in [0.3, 0.4) is 0 Å². The molecule has 0 N–H and O–H groups in total. The van der Waals surface area contributed by atoms with Gasteiger partial charge in [-0.2, -0.15) is 9.13 Å². The van der Waals surface area contributed by atoms with E-state index in [1.54, 1.807) is 0 Å². The van der Waals surface area contributed by atoms with Crippen LogP contribution in [0, 0.1) is 0 Å². The van der Waals surface area contributed by atoms with E-state index >= 15 is 0 Å². The van der Waals surface area contributed by atoms with E-state index in [4.69, 9.17) is 9.47 Å². The number of ether oxygens (including phenoxy) is 2. The maximum Gasteiger partial charge on any atom is 0.306 e. The van der Waals surface area contributed by atoms with Gasteiger partial charge in [-0.25, -0.2) is 0 Å². The summed E-state index contributed by atoms with van der Waals surface area (Å²) >= 11 is 0. The van der Waals surface area contributed by atoms with Crippen molar-refractivity contribution in [1.82, 2.24) is 0 Å². The molecule has 0 amide bonds. The van der Waals surface area contributed by atoms with Gasteiger partial charge in [-0.15, -0.1) is 0 Å². The Balaban J connectivity index is 0.00000306. The molecule has 7 heteroatoms. The van der Waals surface area contributed by atoms with Crippen molar-refractivity contribution in [2.75, 3.05) is 13.2 Å². The zero-order valence-electron chi connectivity index (χ0n) is 18.2. The highest BCUT2D eigenvalue weighted by molar-refractivity contribution is 5.78. The average molecular weight is 557 g/mol. The van der Waals surface area contributed by atoms with E-state index in [1.165, 1.54) is 0 Å². The van der Waals surface area contributed by atoms with Crippen LogP contribution in [-0.4, -0.2) is 25.2 Å². The fraction of sp³-hybridized carbons (Fsp3) is 0.231. The average Bonchev–Trinajstić information content (AvgIpc) is 2.83. The molecule has 0 bridgehead atoms. The molecule has 0 spiro atoms. The van der Waals surface area contributed by atoms with Gasteiger partial charge in [-0.1, -0.05) is 24.3 Å². The molecule has 0 unspecified atom stereocenters. The summed E-state index contributed by atoms with van der Waals surface area (Å²) in [6.07, 6.45) is 3.95. The van der Waals surface area contributed by atoms with Gasteiger partial charge in [0.15, 0.2) is 38.7 Å². The van der Waals surface area contributed by atoms with Crippen molar-refractivity contribution >= 4 is 33.7 Å². The van der Waals surface area contributed by atoms with Crippen molar-refractivity contribution in [1.29, 1.82) is 0 Å². The van der Waals surface area contributed by atoms with E-state index < -0.39 is 11.9 Å². The molecule has 2 aromatic heterocycles. The predicted molar refractivity (Wildman–Crippen MR) is 119 cm³/mol. The number of benzene rings is 2. The van der Waals surface area contributed by atoms with Crippen molar-refractivity contribution in [2.24, 2.45) is 0 Å². The van der Waals surface area contributed by atoms with Gasteiger partial charge in [0.2, 0.25) is 11.0 Å². The predicted octanol–water partition coefficient (Wildman–Crippen LogP) is 0.139. The number of esters is 2. The van der Waals surface area contributed by atoms with E-state index in [2.05, 4.69) is 0 Å². The highest BCUT2D eigenvalue weighted by Gasteiger charge is 2.13. The Kier molecular flexibility index (Phi) is 9.12. The van der Waals surface area contributed by atoms with Crippen molar-refractivity contribution in [3.05, 3.63) is 85.2 Å². The number of pyridine rings is 2. The highest BCUT2D eigenvalue weighted by Crippen LogP contribution is 2.09. The number of aromatic nitrogens is 2. The molecule has 0 aliphatic carbocycles. The molecule has 0 radical (unpaired) electrons. The van der Waals surface area contributed by atoms with Gasteiger partial charge in [0, 0.05) is 35.0 Å². The van der Waals surface area contributed by atoms with E-state index in [-0.39, 0.29) is 50.0 Å². The second-order valence-corrected chi connectivity index (χ2v) is 7.46. The molecule has 0 aliphatic rings. The lowest BCUT2D eigenvalue weighted by atomic mass is 10.2. The third kappa shape index (κ3) is 6.71. The van der Waals surface area contributed by atoms with E-state index in [9.17, 15) is 9.59 Å². The quantitative estimate of drug-likeness (QED) is 0.167. The Morgan fingerprint density at radius 1 is 0.606 bits per heavy atom. The summed E-state index contributed by atoms with van der Waals surface area (Å²) in [4.78, 5) is 24.0. The van der Waals surface area contributed by atoms with E-state index in [1.807, 2.05) is 94.3 Å². The van der Waals surface area contributed by atoms with Crippen LogP contribution in [0.15, 0.2) is 85.2 Å². The molecule has 0 atom stereocenters. The Morgan fingerprint density at radius 3 is 1.45 bits per heavy atom. The van der Waals surface area contributed by atoms with E-state index in [0.717, 1.165) is 21.8 Å². The van der Waals surface area contributed by atoms with Crippen LogP contribution in [0.4, 0.5) is 0 Å². The molecular formula is C26H26IN2O4+. The van der Waals surface area contributed by atoms with Gasteiger partial charge in [0.25, 0.3) is 0 Å². The van der Waals surface area contributed by atoms with Gasteiger partial charge in [0.1, 0.15) is 0 Å². The standard InChI is InChI=1S/C26H26N2O4.HI/c29-25(31-19-17-27-15-5-9-21-7-1-3-11-23(21)27)13-14-26(30)32-20-18-28-16-6-10-22-8-2-4-12-24(22)28;/h1-12,15-16H,13-14,17-20H2;1H/q+2;/p-1. The summed E-state index contributed by atoms with van der Waals surface area (Å²) in [6, 6.07) is 24.1. The zero-order chi connectivity index (χ0) is 22.2. The summed E-state index contributed by atoms with van der Waals surface area (Å²) in [5.41, 5.74) is 2.16. The van der Waals surface area contributed by atoms with Crippen molar-refractivity contribution in [3.63, 3.8) is 0 Å². The lowest BCUT2D eigenvalue weighted by Crippen LogP contribution is -3.00. The van der Waals surface area contributed by atoms with Gasteiger partial charge in [0.05, 0.1) is 12.8 Å². The maximum atomic E-state index is 12.0. The molecule has 0 saturated carbocycles. The molecule has 0 aliphatic heterocycles. The zero-order valence-corrected chi connectivity index (χ0v) is 20.4. The van der Waals surface area contributed by atoms with Crippen LogP contribution >= 0.6 is 0 Å². The number of carbonyl (C=O) groups is 2. The first-order valence-electron chi connectivity index (χ1n) is 10.8. The molecule has 2 aromatic carbocycles. The summed E-state index contributed by atoms with van der Waals surface area (Å²) in [7, 11) is 0. The fourth-order valence-electron chi connectivity index (χ4n) is 3.70. The minimum atomic E-state index is -0.397. The number of para-hydroxylation sites is 2. The largest absolute Gasteiger partial charge is 1.00 e. The number of carbonyl (C=O) groups excluding carboxylic acids is 2. The monoisotopic (exact) mass is 557 g/mol. The molecule has 0 saturated heterocycles. The minimum absolute atomic E-state index is 0. The van der Waals surface area contributed by atoms with Gasteiger partial charge in [-0.05, 0) is 24.3 Å². The lowest BCUT2D eigenvalue weighted by molar-refractivity contribution is -0.672. The molecule has 2 heterocycles. The van der Waals surface area contributed by atoms with Crippen LogP contribution in [0.5, 0.6) is 0 Å². The third-order valence-electron chi connectivity index (χ3n) is 5.30. The second-order valence-electron chi connectivity index (χ2n) is 7.46. The van der Waals surface area contributed by atoms with Crippen LogP contribution in [-0.2, 0) is 32.2 Å². The number of rotatable bonds is 9. The summed E-state index contributed by atoms with van der Waals surface area (Å²) < 4.78 is 14.7. The summed E-state index contributed by atoms with van der Waals surface area (Å²) in [5.74, 6) is -0.794. The highest BCUT2D eigenvalue weighted by atomic mass is 127. The van der Waals surface area contributed by atoms with E-state index in [0.29, 0.717) is 13.1 Å². The van der Waals surface area contributed by atoms with Gasteiger partial charge < -0.3 is 33.5 Å². The van der Waals surface area contributed by atoms with Crippen LogP contribution < -0.4 is 33.1 Å². The normalized spacial score (nSPS) is 10.5. The number of fused-ring (bicyclic) bond motifs is 2. The summed E-state index contributed by atoms with van der Waals surface area (Å²) in [6.45, 7) is 1.62. The number of hydrogen-bond donors (Lipinski definition) is 0. The third-order valence-corrected chi connectivity index (χ3v) is 5.30. The van der Waals surface area contributed by atoms with Crippen LogP contribution in [0.2, 0.25) is 0 Å². The number of nitrogens with zero attached hydrogens (tertiary/aromatic N) is 2. The first-order chi connectivity index (χ1) is 15.7. The Bertz CT molecular complexity index is 1140. The molecule has 170 valence electrons. The molecular weight excluding hydrogens is 531 g/mol. The van der Waals surface area contributed by atoms with Gasteiger partial charge in [-0.3, -0.25) is 9.59 Å². The van der Waals surface area contributed by atoms with Crippen molar-refractivity contribution in [2.45, 2.75) is 25.9 Å². The minimum Gasteiger partial charge on any atom is -1.00 e. The van der Waals surface area contributed by atoms with Crippen LogP contribution in [0.25, 0.3) is 21.8 Å². The fourth-order valence-corrected chi connectivity index (χ4v) is 3.70. The van der Waals surface area contributed by atoms with Crippen molar-refractivity contribution in [3.8, 4) is 0 Å². The Hall–Kier alpha value is -3.07.